The summed E-state index contributed by atoms with van der Waals surface area (Å²) in [5, 5.41) is 10.7. The van der Waals surface area contributed by atoms with Crippen molar-refractivity contribution in [3.05, 3.63) is 34.0 Å². The summed E-state index contributed by atoms with van der Waals surface area (Å²) in [6.45, 7) is 3.65. The van der Waals surface area contributed by atoms with Crippen molar-refractivity contribution >= 4 is 10.9 Å². The molecule has 5 nitrogen and oxygen atoms in total. The zero-order chi connectivity index (χ0) is 15.4. The van der Waals surface area contributed by atoms with Crippen molar-refractivity contribution < 1.29 is 14.6 Å². The van der Waals surface area contributed by atoms with E-state index in [1.54, 1.807) is 13.2 Å². The smallest absolute Gasteiger partial charge is 0.201 e. The Labute approximate surface area is 122 Å². The van der Waals surface area contributed by atoms with Gasteiger partial charge in [-0.2, -0.15) is 0 Å². The second-order valence-corrected chi connectivity index (χ2v) is 5.98. The number of fused-ring (bicyclic) bond motifs is 2. The Kier molecular flexibility index (Phi) is 2.99. The van der Waals surface area contributed by atoms with Gasteiger partial charge in [0.1, 0.15) is 11.4 Å². The van der Waals surface area contributed by atoms with Gasteiger partial charge in [-0.25, -0.2) is 0 Å². The third kappa shape index (κ3) is 2.00. The fourth-order valence-corrected chi connectivity index (χ4v) is 2.75. The first-order valence-electron chi connectivity index (χ1n) is 6.92. The number of rotatable bonds is 1. The van der Waals surface area contributed by atoms with Crippen molar-refractivity contribution in [2.45, 2.75) is 32.0 Å². The minimum Gasteiger partial charge on any atom is -0.497 e. The molecule has 0 radical (unpaired) electrons. The van der Waals surface area contributed by atoms with Crippen LogP contribution in [0.1, 0.15) is 19.4 Å². The van der Waals surface area contributed by atoms with Crippen molar-refractivity contribution in [3.63, 3.8) is 0 Å². The van der Waals surface area contributed by atoms with Gasteiger partial charge in [0.2, 0.25) is 5.88 Å². The van der Waals surface area contributed by atoms with E-state index in [9.17, 15) is 9.90 Å². The predicted octanol–water partition coefficient (Wildman–Crippen LogP) is 1.62. The molecule has 0 spiro atoms. The number of pyridine rings is 1. The van der Waals surface area contributed by atoms with Crippen molar-refractivity contribution in [3.8, 4) is 11.6 Å². The summed E-state index contributed by atoms with van der Waals surface area (Å²) in [5.41, 5.74) is 0.487. The summed E-state index contributed by atoms with van der Waals surface area (Å²) in [7, 11) is 3.43. The average Bonchev–Trinajstić information content (AvgIpc) is 2.46. The van der Waals surface area contributed by atoms with E-state index < -0.39 is 11.7 Å². The van der Waals surface area contributed by atoms with Crippen LogP contribution in [0.15, 0.2) is 23.0 Å². The number of aromatic nitrogens is 1. The van der Waals surface area contributed by atoms with E-state index in [2.05, 4.69) is 0 Å². The summed E-state index contributed by atoms with van der Waals surface area (Å²) in [6, 6.07) is 5.39. The Balaban J connectivity index is 2.34. The molecule has 3 rings (SSSR count). The highest BCUT2D eigenvalue weighted by atomic mass is 16.5. The number of aliphatic hydroxyl groups is 1. The minimum absolute atomic E-state index is 0.105. The Bertz CT molecular complexity index is 776. The van der Waals surface area contributed by atoms with Gasteiger partial charge in [0.25, 0.3) is 0 Å². The molecule has 1 aromatic carbocycles. The Morgan fingerprint density at radius 3 is 2.81 bits per heavy atom. The predicted molar refractivity (Wildman–Crippen MR) is 80.2 cm³/mol. The Morgan fingerprint density at radius 1 is 1.43 bits per heavy atom. The zero-order valence-electron chi connectivity index (χ0n) is 12.6. The van der Waals surface area contributed by atoms with Gasteiger partial charge in [0, 0.05) is 18.9 Å². The number of nitrogens with zero attached hydrogens (tertiary/aromatic N) is 1. The number of benzene rings is 1. The van der Waals surface area contributed by atoms with Crippen molar-refractivity contribution in [2.24, 2.45) is 7.05 Å². The lowest BCUT2D eigenvalue weighted by Gasteiger charge is -2.37. The van der Waals surface area contributed by atoms with Crippen LogP contribution in [0, 0.1) is 0 Å². The summed E-state index contributed by atoms with van der Waals surface area (Å²) in [5.74, 6) is 1.17. The molecule has 0 saturated heterocycles. The molecule has 1 aliphatic rings. The third-order valence-electron chi connectivity index (χ3n) is 4.21. The highest BCUT2D eigenvalue weighted by Crippen LogP contribution is 2.33. The maximum Gasteiger partial charge on any atom is 0.201 e. The molecule has 2 aromatic rings. The molecule has 1 atom stereocenters. The SMILES string of the molecule is COc1ccc2c(c1)c(=O)c1c(n2C)OC(C)(C)C(O)C1. The lowest BCUT2D eigenvalue weighted by molar-refractivity contribution is -0.0465. The highest BCUT2D eigenvalue weighted by Gasteiger charge is 2.38. The van der Waals surface area contributed by atoms with Gasteiger partial charge in [0.15, 0.2) is 5.43 Å². The fraction of sp³-hybridized carbons (Fsp3) is 0.438. The van der Waals surface area contributed by atoms with Crippen LogP contribution in [0.25, 0.3) is 10.9 Å². The number of hydrogen-bond donors (Lipinski definition) is 1. The highest BCUT2D eigenvalue weighted by molar-refractivity contribution is 5.82. The summed E-state index contributed by atoms with van der Waals surface area (Å²) in [6.07, 6.45) is -0.414. The quantitative estimate of drug-likeness (QED) is 0.866. The molecule has 0 bridgehead atoms. The van der Waals surface area contributed by atoms with Crippen LogP contribution >= 0.6 is 0 Å². The van der Waals surface area contributed by atoms with E-state index in [-0.39, 0.29) is 5.43 Å². The maximum absolute atomic E-state index is 12.7. The summed E-state index contributed by atoms with van der Waals surface area (Å²) < 4.78 is 12.9. The van der Waals surface area contributed by atoms with Crippen molar-refractivity contribution in [1.82, 2.24) is 4.57 Å². The van der Waals surface area contributed by atoms with E-state index in [0.717, 1.165) is 5.52 Å². The van der Waals surface area contributed by atoms with Crippen LogP contribution in [-0.2, 0) is 13.5 Å². The largest absolute Gasteiger partial charge is 0.497 e. The molecule has 1 N–H and O–H groups in total. The maximum atomic E-state index is 12.7. The number of ether oxygens (including phenoxy) is 2. The van der Waals surface area contributed by atoms with E-state index in [4.69, 9.17) is 9.47 Å². The van der Waals surface area contributed by atoms with Gasteiger partial charge in [-0.3, -0.25) is 4.79 Å². The third-order valence-corrected chi connectivity index (χ3v) is 4.21. The first kappa shape index (κ1) is 13.9. The van der Waals surface area contributed by atoms with Crippen LogP contribution in [-0.4, -0.2) is 28.5 Å². The standard InChI is InChI=1S/C16H19NO4/c1-16(2)13(18)8-11-14(19)10-7-9(20-4)5-6-12(10)17(3)15(11)21-16/h5-7,13,18H,8H2,1-4H3. The molecule has 21 heavy (non-hydrogen) atoms. The Hall–Kier alpha value is -2.01. The molecule has 0 fully saturated rings. The van der Waals surface area contributed by atoms with E-state index >= 15 is 0 Å². The molecule has 5 heteroatoms. The van der Waals surface area contributed by atoms with Crippen LogP contribution in [0.3, 0.4) is 0 Å². The van der Waals surface area contributed by atoms with E-state index in [1.165, 1.54) is 0 Å². The molecular formula is C16H19NO4. The van der Waals surface area contributed by atoms with Crippen molar-refractivity contribution in [1.29, 1.82) is 0 Å². The van der Waals surface area contributed by atoms with E-state index in [1.807, 2.05) is 37.6 Å². The van der Waals surface area contributed by atoms with Gasteiger partial charge >= 0.3 is 0 Å². The lowest BCUT2D eigenvalue weighted by atomic mass is 9.91. The van der Waals surface area contributed by atoms with Gasteiger partial charge in [0.05, 0.1) is 24.3 Å². The molecule has 0 amide bonds. The van der Waals surface area contributed by atoms with E-state index in [0.29, 0.717) is 29.0 Å². The van der Waals surface area contributed by atoms with Gasteiger partial charge in [-0.1, -0.05) is 0 Å². The first-order chi connectivity index (χ1) is 9.85. The first-order valence-corrected chi connectivity index (χ1v) is 6.92. The van der Waals surface area contributed by atoms with Crippen LogP contribution in [0.4, 0.5) is 0 Å². The number of aryl methyl sites for hydroxylation is 1. The Morgan fingerprint density at radius 2 is 2.14 bits per heavy atom. The molecule has 0 aliphatic carbocycles. The fourth-order valence-electron chi connectivity index (χ4n) is 2.75. The van der Waals surface area contributed by atoms with Crippen LogP contribution in [0.2, 0.25) is 0 Å². The number of methoxy groups -OCH3 is 1. The van der Waals surface area contributed by atoms with Gasteiger partial charge in [-0.05, 0) is 32.0 Å². The summed E-state index contributed by atoms with van der Waals surface area (Å²) in [4.78, 5) is 12.7. The van der Waals surface area contributed by atoms with Crippen molar-refractivity contribution in [2.75, 3.05) is 7.11 Å². The zero-order valence-corrected chi connectivity index (χ0v) is 12.6. The second kappa shape index (κ2) is 4.49. The summed E-state index contributed by atoms with van der Waals surface area (Å²) >= 11 is 0. The molecule has 1 aromatic heterocycles. The minimum atomic E-state index is -0.711. The normalized spacial score (nSPS) is 20.0. The monoisotopic (exact) mass is 289 g/mol. The number of hydrogen-bond acceptors (Lipinski definition) is 4. The molecule has 112 valence electrons. The van der Waals surface area contributed by atoms with Crippen LogP contribution in [0.5, 0.6) is 11.6 Å². The molecular weight excluding hydrogens is 270 g/mol. The second-order valence-electron chi connectivity index (χ2n) is 5.98. The van der Waals surface area contributed by atoms with Gasteiger partial charge < -0.3 is 19.1 Å². The molecule has 1 aliphatic heterocycles. The van der Waals surface area contributed by atoms with Gasteiger partial charge in [-0.15, -0.1) is 0 Å². The molecule has 2 heterocycles. The number of aliphatic hydroxyl groups excluding tert-OH is 1. The lowest BCUT2D eigenvalue weighted by Crippen LogP contribution is -2.48. The average molecular weight is 289 g/mol. The van der Waals surface area contributed by atoms with Crippen LogP contribution < -0.4 is 14.9 Å². The topological polar surface area (TPSA) is 60.7 Å². The molecule has 1 unspecified atom stereocenters. The molecule has 0 saturated carbocycles.